The minimum absolute atomic E-state index is 0.0482. The van der Waals surface area contributed by atoms with Gasteiger partial charge in [0, 0.05) is 12.1 Å². The predicted octanol–water partition coefficient (Wildman–Crippen LogP) is 2.92. The normalized spacial score (nSPS) is 16.6. The number of hydrogen-bond donors (Lipinski definition) is 3. The van der Waals surface area contributed by atoms with E-state index in [1.165, 1.54) is 12.7 Å². The van der Waals surface area contributed by atoms with Crippen LogP contribution in [-0.4, -0.2) is 23.8 Å². The average molecular weight is 344 g/mol. The molecule has 6 heteroatoms. The summed E-state index contributed by atoms with van der Waals surface area (Å²) in [5.41, 5.74) is -0.325. The Morgan fingerprint density at radius 1 is 1.28 bits per heavy atom. The predicted molar refractivity (Wildman–Crippen MR) is 93.2 cm³/mol. The molecule has 0 radical (unpaired) electrons. The van der Waals surface area contributed by atoms with Gasteiger partial charge in [0.15, 0.2) is 0 Å². The van der Waals surface area contributed by atoms with Crippen molar-refractivity contribution >= 4 is 6.03 Å². The zero-order chi connectivity index (χ0) is 17.7. The van der Waals surface area contributed by atoms with Crippen LogP contribution in [0.2, 0.25) is 0 Å². The Bertz CT molecular complexity index is 693. The quantitative estimate of drug-likeness (QED) is 0.721. The lowest BCUT2D eigenvalue weighted by Crippen LogP contribution is -2.43. The summed E-state index contributed by atoms with van der Waals surface area (Å²) >= 11 is 0. The van der Waals surface area contributed by atoms with E-state index in [1.54, 1.807) is 19.1 Å². The van der Waals surface area contributed by atoms with Gasteiger partial charge < -0.3 is 24.9 Å². The summed E-state index contributed by atoms with van der Waals surface area (Å²) in [7, 11) is 0. The van der Waals surface area contributed by atoms with Crippen LogP contribution in [0.5, 0.6) is 5.75 Å². The molecule has 1 aromatic carbocycles. The second-order valence-electron chi connectivity index (χ2n) is 6.57. The Hall–Kier alpha value is -2.47. The molecule has 3 N–H and O–H groups in total. The second-order valence-corrected chi connectivity index (χ2v) is 6.57. The van der Waals surface area contributed by atoms with Crippen LogP contribution in [-0.2, 0) is 12.1 Å². The van der Waals surface area contributed by atoms with Crippen LogP contribution in [0.3, 0.4) is 0 Å². The number of carbonyl (C=O) groups excluding carboxylic acids is 1. The smallest absolute Gasteiger partial charge is 0.315 e. The van der Waals surface area contributed by atoms with Crippen LogP contribution in [0.15, 0.2) is 47.1 Å². The molecule has 3 rings (SSSR count). The highest BCUT2D eigenvalue weighted by Crippen LogP contribution is 2.27. The number of furan rings is 1. The van der Waals surface area contributed by atoms with Gasteiger partial charge in [-0.05, 0) is 44.4 Å². The topological polar surface area (TPSA) is 83.7 Å². The average Bonchev–Trinajstić information content (AvgIpc) is 3.11. The van der Waals surface area contributed by atoms with E-state index < -0.39 is 5.60 Å². The fraction of sp³-hybridized carbons (Fsp3) is 0.421. The van der Waals surface area contributed by atoms with E-state index in [0.717, 1.165) is 24.2 Å². The van der Waals surface area contributed by atoms with Crippen LogP contribution in [0, 0.1) is 0 Å². The molecule has 1 aromatic heterocycles. The molecule has 0 spiro atoms. The Morgan fingerprint density at radius 3 is 2.76 bits per heavy atom. The molecule has 134 valence electrons. The van der Waals surface area contributed by atoms with E-state index in [9.17, 15) is 9.90 Å². The maximum absolute atomic E-state index is 12.0. The van der Waals surface area contributed by atoms with Gasteiger partial charge in [-0.25, -0.2) is 4.79 Å². The van der Waals surface area contributed by atoms with Gasteiger partial charge in [0.25, 0.3) is 0 Å². The van der Waals surface area contributed by atoms with Crippen LogP contribution < -0.4 is 15.4 Å². The number of carbonyl (C=O) groups is 1. The van der Waals surface area contributed by atoms with Gasteiger partial charge in [-0.15, -0.1) is 0 Å². The summed E-state index contributed by atoms with van der Waals surface area (Å²) in [4.78, 5) is 12.0. The lowest BCUT2D eigenvalue weighted by atomic mass is 9.96. The molecular formula is C19H24N2O4. The first-order valence-corrected chi connectivity index (χ1v) is 8.57. The Labute approximate surface area is 147 Å². The van der Waals surface area contributed by atoms with Crippen molar-refractivity contribution in [1.29, 1.82) is 0 Å². The molecule has 0 saturated heterocycles. The van der Waals surface area contributed by atoms with E-state index >= 15 is 0 Å². The van der Waals surface area contributed by atoms with E-state index in [-0.39, 0.29) is 12.6 Å². The second kappa shape index (κ2) is 7.61. The van der Waals surface area contributed by atoms with E-state index in [2.05, 4.69) is 10.6 Å². The number of benzene rings is 1. The molecule has 1 saturated carbocycles. The van der Waals surface area contributed by atoms with Gasteiger partial charge in [0.1, 0.15) is 17.1 Å². The summed E-state index contributed by atoms with van der Waals surface area (Å²) in [5, 5.41) is 15.8. The van der Waals surface area contributed by atoms with Gasteiger partial charge in [-0.2, -0.15) is 0 Å². The number of urea groups is 1. The zero-order valence-corrected chi connectivity index (χ0v) is 14.3. The number of amides is 2. The van der Waals surface area contributed by atoms with Gasteiger partial charge in [-0.1, -0.05) is 18.2 Å². The van der Waals surface area contributed by atoms with Crippen molar-refractivity contribution in [2.24, 2.45) is 0 Å². The molecule has 1 aliphatic carbocycles. The summed E-state index contributed by atoms with van der Waals surface area (Å²) in [6, 6.07) is 10.7. The fourth-order valence-corrected chi connectivity index (χ4v) is 2.60. The highest BCUT2D eigenvalue weighted by molar-refractivity contribution is 5.74. The third-order valence-electron chi connectivity index (χ3n) is 4.40. The number of para-hydroxylation sites is 1. The molecule has 2 amide bonds. The largest absolute Gasteiger partial charge is 0.490 e. The highest BCUT2D eigenvalue weighted by Gasteiger charge is 2.26. The Kier molecular flexibility index (Phi) is 5.28. The number of rotatable bonds is 7. The first-order valence-electron chi connectivity index (χ1n) is 8.57. The molecule has 0 aliphatic heterocycles. The van der Waals surface area contributed by atoms with Crippen molar-refractivity contribution in [3.8, 4) is 5.75 Å². The lowest BCUT2D eigenvalue weighted by molar-refractivity contribution is 0.0367. The third kappa shape index (κ3) is 4.54. The third-order valence-corrected chi connectivity index (χ3v) is 4.40. The standard InChI is InChI=1S/C19H24N2O4/c1-19(23,17-10-5-11-24-17)13-21-18(22)20-12-14-6-2-3-9-16(14)25-15-7-4-8-15/h2-3,5-6,9-11,15,23H,4,7-8,12-13H2,1H3,(H2,20,21,22). The lowest BCUT2D eigenvalue weighted by Gasteiger charge is -2.27. The van der Waals surface area contributed by atoms with E-state index in [0.29, 0.717) is 18.4 Å². The summed E-state index contributed by atoms with van der Waals surface area (Å²) in [6.07, 6.45) is 5.17. The number of nitrogens with one attached hydrogen (secondary N) is 2. The van der Waals surface area contributed by atoms with Gasteiger partial charge in [0.2, 0.25) is 0 Å². The highest BCUT2D eigenvalue weighted by atomic mass is 16.5. The van der Waals surface area contributed by atoms with Crippen molar-refractivity contribution in [2.45, 2.75) is 44.4 Å². The molecule has 1 unspecified atom stereocenters. The molecule has 1 aliphatic rings. The van der Waals surface area contributed by atoms with Crippen LogP contribution in [0.1, 0.15) is 37.5 Å². The number of hydrogen-bond acceptors (Lipinski definition) is 4. The van der Waals surface area contributed by atoms with Crippen molar-refractivity contribution in [3.63, 3.8) is 0 Å². The Morgan fingerprint density at radius 2 is 2.08 bits per heavy atom. The molecule has 0 bridgehead atoms. The molecule has 6 nitrogen and oxygen atoms in total. The van der Waals surface area contributed by atoms with Crippen LogP contribution >= 0.6 is 0 Å². The summed E-state index contributed by atoms with van der Waals surface area (Å²) in [5.74, 6) is 1.22. The number of ether oxygens (including phenoxy) is 1. The molecule has 1 heterocycles. The fourth-order valence-electron chi connectivity index (χ4n) is 2.60. The molecule has 1 atom stereocenters. The van der Waals surface area contributed by atoms with Crippen molar-refractivity contribution in [1.82, 2.24) is 10.6 Å². The van der Waals surface area contributed by atoms with Gasteiger partial charge >= 0.3 is 6.03 Å². The molecule has 2 aromatic rings. The van der Waals surface area contributed by atoms with Gasteiger partial charge in [0.05, 0.1) is 18.9 Å². The monoisotopic (exact) mass is 344 g/mol. The summed E-state index contributed by atoms with van der Waals surface area (Å²) in [6.45, 7) is 2.00. The van der Waals surface area contributed by atoms with Crippen LogP contribution in [0.25, 0.3) is 0 Å². The SMILES string of the molecule is CC(O)(CNC(=O)NCc1ccccc1OC1CCC1)c1ccco1. The molecule has 1 fully saturated rings. The molecular weight excluding hydrogens is 320 g/mol. The minimum Gasteiger partial charge on any atom is -0.490 e. The zero-order valence-electron chi connectivity index (χ0n) is 14.3. The van der Waals surface area contributed by atoms with E-state index in [4.69, 9.17) is 9.15 Å². The Balaban J connectivity index is 1.49. The first kappa shape index (κ1) is 17.4. The maximum Gasteiger partial charge on any atom is 0.315 e. The molecule has 25 heavy (non-hydrogen) atoms. The van der Waals surface area contributed by atoms with Crippen molar-refractivity contribution in [3.05, 3.63) is 54.0 Å². The maximum atomic E-state index is 12.0. The summed E-state index contributed by atoms with van der Waals surface area (Å²) < 4.78 is 11.1. The minimum atomic E-state index is -1.26. The van der Waals surface area contributed by atoms with Gasteiger partial charge in [-0.3, -0.25) is 0 Å². The van der Waals surface area contributed by atoms with Crippen molar-refractivity contribution < 1.29 is 19.1 Å². The van der Waals surface area contributed by atoms with E-state index in [1.807, 2.05) is 24.3 Å². The first-order chi connectivity index (χ1) is 12.0. The number of aliphatic hydroxyl groups is 1. The van der Waals surface area contributed by atoms with Crippen molar-refractivity contribution in [2.75, 3.05) is 6.54 Å². The van der Waals surface area contributed by atoms with Crippen LogP contribution in [0.4, 0.5) is 4.79 Å².